The van der Waals surface area contributed by atoms with E-state index in [2.05, 4.69) is 10.4 Å². The molecule has 1 aromatic heterocycles. The van der Waals surface area contributed by atoms with Crippen LogP contribution in [0.25, 0.3) is 0 Å². The quantitative estimate of drug-likeness (QED) is 0.642. The van der Waals surface area contributed by atoms with E-state index in [0.717, 1.165) is 24.6 Å². The summed E-state index contributed by atoms with van der Waals surface area (Å²) in [6, 6.07) is 14.5. The molecule has 6 nitrogen and oxygen atoms in total. The first-order chi connectivity index (χ1) is 15.5. The Balaban J connectivity index is 1.38. The Bertz CT molecular complexity index is 1150. The number of anilines is 1. The zero-order valence-electron chi connectivity index (χ0n) is 17.5. The molecule has 0 spiro atoms. The van der Waals surface area contributed by atoms with Gasteiger partial charge in [-0.3, -0.25) is 9.59 Å². The van der Waals surface area contributed by atoms with Gasteiger partial charge < -0.3 is 10.2 Å². The molecule has 1 amide bonds. The summed E-state index contributed by atoms with van der Waals surface area (Å²) in [4.78, 5) is 27.2. The molecule has 0 aliphatic carbocycles. The maximum atomic E-state index is 13.8. The largest absolute Gasteiger partial charge is 0.369 e. The smallest absolute Gasteiger partial charge is 0.269 e. The zero-order valence-corrected chi connectivity index (χ0v) is 17.5. The van der Waals surface area contributed by atoms with Crippen molar-refractivity contribution in [3.63, 3.8) is 0 Å². The summed E-state index contributed by atoms with van der Waals surface area (Å²) in [5.41, 5.74) is 1.70. The summed E-state index contributed by atoms with van der Waals surface area (Å²) in [6.07, 6.45) is 3.14. The monoisotopic (exact) mass is 438 g/mol. The van der Waals surface area contributed by atoms with Crippen LogP contribution in [0.15, 0.2) is 65.6 Å². The maximum Gasteiger partial charge on any atom is 0.269 e. The minimum atomic E-state index is -0.683. The number of hydrogen-bond acceptors (Lipinski definition) is 4. The van der Waals surface area contributed by atoms with Crippen LogP contribution in [-0.2, 0) is 17.9 Å². The highest BCUT2D eigenvalue weighted by Crippen LogP contribution is 2.22. The lowest BCUT2D eigenvalue weighted by molar-refractivity contribution is -0.125. The molecule has 4 rings (SSSR count). The Morgan fingerprint density at radius 1 is 1.12 bits per heavy atom. The summed E-state index contributed by atoms with van der Waals surface area (Å²) >= 11 is 0. The molecule has 1 aliphatic heterocycles. The highest BCUT2D eigenvalue weighted by Gasteiger charge is 2.26. The molecule has 1 saturated heterocycles. The number of benzene rings is 2. The normalized spacial score (nSPS) is 16.1. The number of aromatic nitrogens is 2. The van der Waals surface area contributed by atoms with E-state index in [1.807, 2.05) is 35.2 Å². The molecule has 2 aromatic carbocycles. The standard InChI is InChI=1S/C24H24F2N4O2/c25-20-9-8-18(22(26)11-20)13-27-24(32)19-7-4-10-29(16-19)21-12-23(31)30(28-14-21)15-17-5-2-1-3-6-17/h1-3,5-6,8-9,11-12,14,19H,4,7,10,13,15-16H2,(H,27,32). The number of halogens is 2. The van der Waals surface area contributed by atoms with Gasteiger partial charge in [0.15, 0.2) is 0 Å². The lowest BCUT2D eigenvalue weighted by Gasteiger charge is -2.33. The molecule has 3 aromatic rings. The molecule has 166 valence electrons. The second-order valence-electron chi connectivity index (χ2n) is 7.93. The summed E-state index contributed by atoms with van der Waals surface area (Å²) in [6.45, 7) is 1.56. The fourth-order valence-electron chi connectivity index (χ4n) is 3.89. The number of piperidine rings is 1. The average Bonchev–Trinajstić information content (AvgIpc) is 2.80. The summed E-state index contributed by atoms with van der Waals surface area (Å²) in [5, 5.41) is 7.04. The third-order valence-corrected chi connectivity index (χ3v) is 5.66. The molecule has 32 heavy (non-hydrogen) atoms. The lowest BCUT2D eigenvalue weighted by atomic mass is 9.96. The molecular weight excluding hydrogens is 414 g/mol. The van der Waals surface area contributed by atoms with Crippen molar-refractivity contribution in [1.82, 2.24) is 15.1 Å². The Labute approximate surface area is 184 Å². The van der Waals surface area contributed by atoms with Crippen molar-refractivity contribution in [2.24, 2.45) is 5.92 Å². The molecule has 8 heteroatoms. The second-order valence-corrected chi connectivity index (χ2v) is 7.93. The van der Waals surface area contributed by atoms with Crippen LogP contribution in [0.1, 0.15) is 24.0 Å². The van der Waals surface area contributed by atoms with Gasteiger partial charge in [-0.2, -0.15) is 5.10 Å². The molecule has 0 bridgehead atoms. The van der Waals surface area contributed by atoms with Crippen molar-refractivity contribution in [2.75, 3.05) is 18.0 Å². The Morgan fingerprint density at radius 3 is 2.69 bits per heavy atom. The molecule has 0 saturated carbocycles. The van der Waals surface area contributed by atoms with Crippen molar-refractivity contribution in [2.45, 2.75) is 25.9 Å². The van der Waals surface area contributed by atoms with Gasteiger partial charge in [-0.1, -0.05) is 36.4 Å². The predicted octanol–water partition coefficient (Wildman–Crippen LogP) is 3.10. The number of amides is 1. The highest BCUT2D eigenvalue weighted by atomic mass is 19.1. The van der Waals surface area contributed by atoms with E-state index >= 15 is 0 Å². The maximum absolute atomic E-state index is 13.8. The highest BCUT2D eigenvalue weighted by molar-refractivity contribution is 5.79. The third-order valence-electron chi connectivity index (χ3n) is 5.66. The van der Waals surface area contributed by atoms with E-state index in [1.165, 1.54) is 16.8 Å². The SMILES string of the molecule is O=C(NCc1ccc(F)cc1F)C1CCCN(c2cnn(Cc3ccccc3)c(=O)c2)C1. The van der Waals surface area contributed by atoms with Crippen molar-refractivity contribution >= 4 is 11.6 Å². The molecule has 1 N–H and O–H groups in total. The van der Waals surface area contributed by atoms with E-state index < -0.39 is 11.6 Å². The van der Waals surface area contributed by atoms with Crippen LogP contribution in [0.2, 0.25) is 0 Å². The number of hydrogen-bond donors (Lipinski definition) is 1. The van der Waals surface area contributed by atoms with E-state index in [0.29, 0.717) is 25.2 Å². The Morgan fingerprint density at radius 2 is 1.94 bits per heavy atom. The minimum Gasteiger partial charge on any atom is -0.369 e. The molecule has 1 aliphatic rings. The number of rotatable bonds is 6. The van der Waals surface area contributed by atoms with Crippen molar-refractivity contribution in [3.05, 3.63) is 93.9 Å². The van der Waals surface area contributed by atoms with Gasteiger partial charge in [-0.15, -0.1) is 0 Å². The van der Waals surface area contributed by atoms with E-state index in [-0.39, 0.29) is 29.5 Å². The van der Waals surface area contributed by atoms with Crippen LogP contribution in [-0.4, -0.2) is 28.8 Å². The third kappa shape index (κ3) is 5.19. The zero-order chi connectivity index (χ0) is 22.5. The van der Waals surface area contributed by atoms with Gasteiger partial charge in [0.2, 0.25) is 5.91 Å². The van der Waals surface area contributed by atoms with Crippen LogP contribution in [0.4, 0.5) is 14.5 Å². The molecular formula is C24H24F2N4O2. The number of nitrogens with one attached hydrogen (secondary N) is 1. The van der Waals surface area contributed by atoms with Gasteiger partial charge in [0, 0.05) is 37.3 Å². The van der Waals surface area contributed by atoms with Gasteiger partial charge in [-0.05, 0) is 24.5 Å². The molecule has 1 unspecified atom stereocenters. The molecule has 0 radical (unpaired) electrons. The Kier molecular flexibility index (Phi) is 6.58. The van der Waals surface area contributed by atoms with E-state index in [4.69, 9.17) is 0 Å². The van der Waals surface area contributed by atoms with Gasteiger partial charge in [0.1, 0.15) is 11.6 Å². The fraction of sp³-hybridized carbons (Fsp3) is 0.292. The topological polar surface area (TPSA) is 67.2 Å². The van der Waals surface area contributed by atoms with Crippen LogP contribution in [0.3, 0.4) is 0 Å². The van der Waals surface area contributed by atoms with Gasteiger partial charge in [0.05, 0.1) is 24.3 Å². The minimum absolute atomic E-state index is 0.00146. The van der Waals surface area contributed by atoms with Crippen LogP contribution in [0, 0.1) is 17.6 Å². The molecule has 2 heterocycles. The van der Waals surface area contributed by atoms with Gasteiger partial charge in [-0.25, -0.2) is 13.5 Å². The van der Waals surface area contributed by atoms with Crippen LogP contribution < -0.4 is 15.8 Å². The second kappa shape index (κ2) is 9.72. The van der Waals surface area contributed by atoms with Crippen molar-refractivity contribution < 1.29 is 13.6 Å². The lowest BCUT2D eigenvalue weighted by Crippen LogP contribution is -2.43. The fourth-order valence-corrected chi connectivity index (χ4v) is 3.89. The van der Waals surface area contributed by atoms with Crippen LogP contribution >= 0.6 is 0 Å². The first-order valence-corrected chi connectivity index (χ1v) is 10.6. The van der Waals surface area contributed by atoms with Crippen molar-refractivity contribution in [1.29, 1.82) is 0 Å². The van der Waals surface area contributed by atoms with Gasteiger partial charge in [0.25, 0.3) is 5.56 Å². The average molecular weight is 438 g/mol. The Hall–Kier alpha value is -3.55. The number of carbonyl (C=O) groups excluding carboxylic acids is 1. The summed E-state index contributed by atoms with van der Waals surface area (Å²) < 4.78 is 28.2. The summed E-state index contributed by atoms with van der Waals surface area (Å²) in [5.74, 6) is -1.82. The summed E-state index contributed by atoms with van der Waals surface area (Å²) in [7, 11) is 0. The molecule has 1 fully saturated rings. The van der Waals surface area contributed by atoms with Crippen LogP contribution in [0.5, 0.6) is 0 Å². The number of nitrogens with zero attached hydrogens (tertiary/aromatic N) is 3. The van der Waals surface area contributed by atoms with E-state index in [9.17, 15) is 18.4 Å². The van der Waals surface area contributed by atoms with E-state index in [1.54, 1.807) is 12.3 Å². The predicted molar refractivity (Wildman–Crippen MR) is 117 cm³/mol. The first-order valence-electron chi connectivity index (χ1n) is 10.6. The first kappa shape index (κ1) is 21.7. The number of carbonyl (C=O) groups is 1. The van der Waals surface area contributed by atoms with Crippen molar-refractivity contribution in [3.8, 4) is 0 Å². The molecule has 1 atom stereocenters. The van der Waals surface area contributed by atoms with Gasteiger partial charge >= 0.3 is 0 Å².